The van der Waals surface area contributed by atoms with Crippen molar-refractivity contribution in [3.63, 3.8) is 0 Å². The van der Waals surface area contributed by atoms with Gasteiger partial charge in [0.15, 0.2) is 0 Å². The van der Waals surface area contributed by atoms with Crippen LogP contribution in [0.2, 0.25) is 56.3 Å². The van der Waals surface area contributed by atoms with Crippen LogP contribution in [0.15, 0.2) is 0 Å². The molecule has 8 heteroatoms. The van der Waals surface area contributed by atoms with Crippen molar-refractivity contribution in [1.29, 1.82) is 0 Å². The van der Waals surface area contributed by atoms with Gasteiger partial charge in [-0.25, -0.2) is 0 Å². The minimum atomic E-state index is -1.49. The van der Waals surface area contributed by atoms with Gasteiger partial charge in [0.1, 0.15) is 26.8 Å². The molecule has 0 amide bonds. The first kappa shape index (κ1) is 19.8. The zero-order valence-corrected chi connectivity index (χ0v) is 22.4. The van der Waals surface area contributed by atoms with Gasteiger partial charge in [0.25, 0.3) is 0 Å². The summed E-state index contributed by atoms with van der Waals surface area (Å²) in [6.07, 6.45) is 0. The van der Waals surface area contributed by atoms with E-state index in [2.05, 4.69) is 114 Å². The lowest BCUT2D eigenvalue weighted by Crippen LogP contribution is -2.71. The van der Waals surface area contributed by atoms with Crippen LogP contribution in [-0.2, 0) is 0 Å². The van der Waals surface area contributed by atoms with Crippen molar-refractivity contribution >= 4 is 87.9 Å². The minimum absolute atomic E-state index is 0.472. The van der Waals surface area contributed by atoms with E-state index in [1.54, 1.807) is 0 Å². The molecule has 0 aliphatic heterocycles. The SMILES string of the molecule is C[Si](C)(Br)C([Si](C)(C)Br)([Si](C)(C)Br)[Si](C)(C)Br. The predicted molar refractivity (Wildman–Crippen MR) is 108 cm³/mol. The Balaban J connectivity index is 6.37. The molecule has 0 bridgehead atoms. The van der Waals surface area contributed by atoms with Crippen molar-refractivity contribution in [2.75, 3.05) is 0 Å². The molecule has 0 nitrogen and oxygen atoms in total. The third kappa shape index (κ3) is 3.52. The Hall–Kier alpha value is 2.79. The molecule has 104 valence electrons. The summed E-state index contributed by atoms with van der Waals surface area (Å²) >= 11 is 16.7. The van der Waals surface area contributed by atoms with Crippen LogP contribution in [-0.4, -0.2) is 26.8 Å². The average molecular weight is 564 g/mol. The summed E-state index contributed by atoms with van der Waals surface area (Å²) in [7, 11) is 0. The summed E-state index contributed by atoms with van der Waals surface area (Å²) in [4.78, 5) is 0. The fourth-order valence-electron chi connectivity index (χ4n) is 4.24. The van der Waals surface area contributed by atoms with Crippen molar-refractivity contribution in [1.82, 2.24) is 0 Å². The standard InChI is InChI=1S/C9H24Br4Si4/c1-14(2,10)9(15(3,4)11,16(5,6)12)17(7,8)13/h1-8H3. The number of rotatable bonds is 4. The number of hydrogen-bond donors (Lipinski definition) is 0. The Kier molecular flexibility index (Phi) is 6.44. The highest BCUT2D eigenvalue weighted by molar-refractivity contribution is 9.31. The molecule has 0 unspecified atom stereocenters. The number of halogens is 4. The van der Waals surface area contributed by atoms with E-state index in [1.165, 1.54) is 0 Å². The van der Waals surface area contributed by atoms with Gasteiger partial charge in [-0.2, -0.15) is 0 Å². The molecule has 0 aliphatic rings. The molecule has 0 radical (unpaired) electrons. The molecule has 0 aromatic rings. The Morgan fingerprint density at radius 1 is 0.471 bits per heavy atom. The van der Waals surface area contributed by atoms with Crippen LogP contribution in [0, 0.1) is 0 Å². The lowest BCUT2D eigenvalue weighted by atomic mass is 11.6. The van der Waals surface area contributed by atoms with Crippen LogP contribution >= 0.6 is 61.2 Å². The summed E-state index contributed by atoms with van der Waals surface area (Å²) in [6, 6.07) is 0. The van der Waals surface area contributed by atoms with Gasteiger partial charge in [0, 0.05) is 0 Å². The zero-order chi connectivity index (χ0) is 14.5. The van der Waals surface area contributed by atoms with Gasteiger partial charge in [0.2, 0.25) is 0 Å². The first-order valence-electron chi connectivity index (χ1n) is 5.76. The first-order valence-corrected chi connectivity index (χ1v) is 26.8. The van der Waals surface area contributed by atoms with Crippen LogP contribution in [0.1, 0.15) is 0 Å². The molecule has 0 fully saturated rings. The molecule has 0 aliphatic carbocycles. The van der Waals surface area contributed by atoms with Crippen LogP contribution < -0.4 is 0 Å². The van der Waals surface area contributed by atoms with Gasteiger partial charge in [-0.3, -0.25) is 0 Å². The monoisotopic (exact) mass is 560 g/mol. The van der Waals surface area contributed by atoms with E-state index in [9.17, 15) is 0 Å². The van der Waals surface area contributed by atoms with Gasteiger partial charge in [0.05, 0.1) is 0 Å². The second kappa shape index (κ2) is 5.53. The Morgan fingerprint density at radius 2 is 0.588 bits per heavy atom. The average Bonchev–Trinajstić information content (AvgIpc) is 1.67. The summed E-state index contributed by atoms with van der Waals surface area (Å²) in [5.74, 6) is 0. The van der Waals surface area contributed by atoms with Crippen LogP contribution in [0.5, 0.6) is 0 Å². The Labute approximate surface area is 142 Å². The molecule has 0 aromatic heterocycles. The maximum absolute atomic E-state index is 4.16. The summed E-state index contributed by atoms with van der Waals surface area (Å²) in [5, 5.41) is 0. The number of hydrogen-bond acceptors (Lipinski definition) is 0. The van der Waals surface area contributed by atoms with Crippen molar-refractivity contribution in [2.45, 2.75) is 56.3 Å². The van der Waals surface area contributed by atoms with E-state index in [0.29, 0.717) is 3.91 Å². The Bertz CT molecular complexity index is 218. The van der Waals surface area contributed by atoms with Crippen molar-refractivity contribution in [3.05, 3.63) is 0 Å². The first-order chi connectivity index (χ1) is 7.00. The zero-order valence-electron chi connectivity index (χ0n) is 12.0. The second-order valence-electron chi connectivity index (χ2n) is 6.64. The molecule has 0 N–H and O–H groups in total. The third-order valence-electron chi connectivity index (χ3n) is 3.57. The van der Waals surface area contributed by atoms with Gasteiger partial charge >= 0.3 is 0 Å². The van der Waals surface area contributed by atoms with Crippen molar-refractivity contribution in [2.24, 2.45) is 0 Å². The van der Waals surface area contributed by atoms with Crippen LogP contribution in [0.25, 0.3) is 0 Å². The van der Waals surface area contributed by atoms with Crippen molar-refractivity contribution < 1.29 is 0 Å². The second-order valence-corrected chi connectivity index (χ2v) is 48.2. The molecule has 0 aromatic carbocycles. The summed E-state index contributed by atoms with van der Waals surface area (Å²) < 4.78 is 0.472. The molecule has 0 atom stereocenters. The smallest absolute Gasteiger partial charge is 0.125 e. The largest absolute Gasteiger partial charge is 0.127 e. The van der Waals surface area contributed by atoms with Gasteiger partial charge < -0.3 is 0 Å². The van der Waals surface area contributed by atoms with E-state index in [-0.39, 0.29) is 0 Å². The molecule has 0 saturated heterocycles. The fraction of sp³-hybridized carbons (Fsp3) is 1.00. The summed E-state index contributed by atoms with van der Waals surface area (Å²) in [6.45, 7) is 13.9. The van der Waals surface area contributed by atoms with E-state index >= 15 is 0 Å². The summed E-state index contributed by atoms with van der Waals surface area (Å²) in [5.41, 5.74) is 0. The fourth-order valence-corrected chi connectivity index (χ4v) is 106. The highest BCUT2D eigenvalue weighted by Gasteiger charge is 2.70. The molecular weight excluding hydrogens is 540 g/mol. The minimum Gasteiger partial charge on any atom is -0.127 e. The topological polar surface area (TPSA) is 0 Å². The van der Waals surface area contributed by atoms with Crippen molar-refractivity contribution in [3.8, 4) is 0 Å². The Morgan fingerprint density at radius 3 is 0.588 bits per heavy atom. The normalized spacial score (nSPS) is 16.2. The van der Waals surface area contributed by atoms with Gasteiger partial charge in [-0.1, -0.05) is 52.4 Å². The maximum Gasteiger partial charge on any atom is 0.125 e. The van der Waals surface area contributed by atoms with Gasteiger partial charge in [-0.15, -0.1) is 61.2 Å². The molecule has 0 heterocycles. The quantitative estimate of drug-likeness (QED) is 0.262. The van der Waals surface area contributed by atoms with Crippen LogP contribution in [0.4, 0.5) is 0 Å². The van der Waals surface area contributed by atoms with E-state index in [1.807, 2.05) is 0 Å². The van der Waals surface area contributed by atoms with E-state index < -0.39 is 26.8 Å². The third-order valence-corrected chi connectivity index (χ3v) is 53.5. The van der Waals surface area contributed by atoms with Crippen LogP contribution in [0.3, 0.4) is 0 Å². The van der Waals surface area contributed by atoms with E-state index in [4.69, 9.17) is 0 Å². The molecule has 0 rings (SSSR count). The molecule has 17 heavy (non-hydrogen) atoms. The van der Waals surface area contributed by atoms with Gasteiger partial charge in [-0.05, 0) is 3.91 Å². The highest BCUT2D eigenvalue weighted by atomic mass is 79.9. The maximum atomic E-state index is 4.16. The molecule has 0 spiro atoms. The molecule has 0 saturated carbocycles. The highest BCUT2D eigenvalue weighted by Crippen LogP contribution is 2.65. The predicted octanol–water partition coefficient (Wildman–Crippen LogP) is 6.74. The van der Waals surface area contributed by atoms with E-state index in [0.717, 1.165) is 0 Å². The lowest BCUT2D eigenvalue weighted by Gasteiger charge is -2.60. The molecular formula is C9H24Br4Si4. The lowest BCUT2D eigenvalue weighted by molar-refractivity contribution is 1.31.